The second-order valence-electron chi connectivity index (χ2n) is 6.26. The van der Waals surface area contributed by atoms with Crippen molar-refractivity contribution in [2.75, 3.05) is 7.11 Å². The van der Waals surface area contributed by atoms with Crippen molar-refractivity contribution in [2.24, 2.45) is 0 Å². The van der Waals surface area contributed by atoms with Gasteiger partial charge in [0.15, 0.2) is 0 Å². The number of carbonyl (C=O) groups excluding carboxylic acids is 1. The van der Waals surface area contributed by atoms with Gasteiger partial charge < -0.3 is 14.0 Å². The smallest absolute Gasteiger partial charge is 0.465 e. The van der Waals surface area contributed by atoms with Gasteiger partial charge in [-0.3, -0.25) is 0 Å². The second-order valence-corrected chi connectivity index (χ2v) is 6.26. The fraction of sp³-hybridized carbons (Fsp3) is 0.533. The minimum absolute atomic E-state index is 0.183. The maximum absolute atomic E-state index is 14.1. The standard InChI is InChI=1S/C15H20BFO4/c1-9-11(13(18)19-6)7-10(8-12(9)17)16-20-14(2,3)15(4,5)21-16/h7-8H,1-6H3. The van der Waals surface area contributed by atoms with Crippen LogP contribution in [0, 0.1) is 12.7 Å². The van der Waals surface area contributed by atoms with Crippen molar-refractivity contribution >= 4 is 18.6 Å². The van der Waals surface area contributed by atoms with Gasteiger partial charge in [0.25, 0.3) is 0 Å². The molecule has 0 bridgehead atoms. The van der Waals surface area contributed by atoms with Gasteiger partial charge in [0.1, 0.15) is 5.82 Å². The third-order valence-corrected chi connectivity index (χ3v) is 4.30. The van der Waals surface area contributed by atoms with Crippen LogP contribution in [0.5, 0.6) is 0 Å². The van der Waals surface area contributed by atoms with E-state index in [0.29, 0.717) is 5.46 Å². The molecule has 1 aromatic rings. The number of benzene rings is 1. The zero-order valence-electron chi connectivity index (χ0n) is 13.2. The van der Waals surface area contributed by atoms with Gasteiger partial charge >= 0.3 is 13.1 Å². The Hall–Kier alpha value is -1.40. The summed E-state index contributed by atoms with van der Waals surface area (Å²) in [6, 6.07) is 2.90. The molecule has 4 nitrogen and oxygen atoms in total. The molecule has 0 amide bonds. The average molecular weight is 294 g/mol. The number of carbonyl (C=O) groups is 1. The van der Waals surface area contributed by atoms with E-state index in [1.54, 1.807) is 6.07 Å². The second kappa shape index (κ2) is 5.11. The van der Waals surface area contributed by atoms with Crippen LogP contribution < -0.4 is 5.46 Å². The van der Waals surface area contributed by atoms with Crippen LogP contribution in [0.3, 0.4) is 0 Å². The molecule has 0 unspecified atom stereocenters. The number of rotatable bonds is 2. The Morgan fingerprint density at radius 3 is 2.19 bits per heavy atom. The van der Waals surface area contributed by atoms with E-state index in [-0.39, 0.29) is 11.1 Å². The van der Waals surface area contributed by atoms with Gasteiger partial charge in [-0.25, -0.2) is 9.18 Å². The van der Waals surface area contributed by atoms with E-state index in [1.165, 1.54) is 20.1 Å². The van der Waals surface area contributed by atoms with E-state index >= 15 is 0 Å². The number of halogens is 1. The Morgan fingerprint density at radius 2 is 1.71 bits per heavy atom. The summed E-state index contributed by atoms with van der Waals surface area (Å²) >= 11 is 0. The molecule has 6 heteroatoms. The van der Waals surface area contributed by atoms with Crippen molar-refractivity contribution in [3.05, 3.63) is 29.1 Å². The van der Waals surface area contributed by atoms with Gasteiger partial charge in [-0.2, -0.15) is 0 Å². The molecule has 0 atom stereocenters. The van der Waals surface area contributed by atoms with Crippen molar-refractivity contribution in [3.63, 3.8) is 0 Å². The van der Waals surface area contributed by atoms with Gasteiger partial charge in [-0.15, -0.1) is 0 Å². The highest BCUT2D eigenvalue weighted by atomic mass is 19.1. The topological polar surface area (TPSA) is 44.8 Å². The van der Waals surface area contributed by atoms with Crippen LogP contribution in [0.25, 0.3) is 0 Å². The van der Waals surface area contributed by atoms with E-state index in [1.807, 2.05) is 27.7 Å². The van der Waals surface area contributed by atoms with Crippen molar-refractivity contribution in [3.8, 4) is 0 Å². The van der Waals surface area contributed by atoms with Crippen LogP contribution in [-0.2, 0) is 14.0 Å². The molecule has 0 N–H and O–H groups in total. The Bertz CT molecular complexity index is 567. The first-order valence-corrected chi connectivity index (χ1v) is 6.83. The molecule has 1 fully saturated rings. The molecule has 0 aliphatic carbocycles. The molecule has 0 radical (unpaired) electrons. The summed E-state index contributed by atoms with van der Waals surface area (Å²) in [5, 5.41) is 0. The first-order valence-electron chi connectivity index (χ1n) is 6.83. The molecular weight excluding hydrogens is 274 g/mol. The maximum atomic E-state index is 14.1. The summed E-state index contributed by atoms with van der Waals surface area (Å²) in [6.07, 6.45) is 0. The van der Waals surface area contributed by atoms with E-state index in [9.17, 15) is 9.18 Å². The molecule has 1 aromatic carbocycles. The monoisotopic (exact) mass is 294 g/mol. The third-order valence-electron chi connectivity index (χ3n) is 4.30. The van der Waals surface area contributed by atoms with Crippen LogP contribution in [0.1, 0.15) is 43.6 Å². The summed E-state index contributed by atoms with van der Waals surface area (Å²) in [5.41, 5.74) is -0.143. The Morgan fingerprint density at radius 1 is 1.19 bits per heavy atom. The summed E-state index contributed by atoms with van der Waals surface area (Å²) in [7, 11) is 0.551. The number of ether oxygens (including phenoxy) is 1. The fourth-order valence-corrected chi connectivity index (χ4v) is 2.14. The normalized spacial score (nSPS) is 19.7. The first kappa shape index (κ1) is 16.0. The molecule has 21 heavy (non-hydrogen) atoms. The molecular formula is C15H20BFO4. The van der Waals surface area contributed by atoms with Crippen molar-refractivity contribution < 1.29 is 23.2 Å². The number of methoxy groups -OCH3 is 1. The Labute approximate surface area is 124 Å². The van der Waals surface area contributed by atoms with Gasteiger partial charge in [-0.05, 0) is 57.8 Å². The Kier molecular flexibility index (Phi) is 3.89. The first-order chi connectivity index (χ1) is 9.59. The Balaban J connectivity index is 2.43. The zero-order valence-corrected chi connectivity index (χ0v) is 13.2. The predicted molar refractivity (Wildman–Crippen MR) is 78.2 cm³/mol. The predicted octanol–water partition coefficient (Wildman–Crippen LogP) is 2.22. The lowest BCUT2D eigenvalue weighted by Gasteiger charge is -2.32. The summed E-state index contributed by atoms with van der Waals surface area (Å²) in [4.78, 5) is 11.7. The zero-order chi connectivity index (χ0) is 16.0. The van der Waals surface area contributed by atoms with Gasteiger partial charge in [0.2, 0.25) is 0 Å². The van der Waals surface area contributed by atoms with Crippen LogP contribution in [0.15, 0.2) is 12.1 Å². The van der Waals surface area contributed by atoms with Crippen LogP contribution in [-0.4, -0.2) is 31.4 Å². The van der Waals surface area contributed by atoms with Crippen LogP contribution in [0.2, 0.25) is 0 Å². The van der Waals surface area contributed by atoms with Crippen molar-refractivity contribution in [2.45, 2.75) is 45.8 Å². The van der Waals surface area contributed by atoms with Gasteiger partial charge in [0, 0.05) is 0 Å². The van der Waals surface area contributed by atoms with E-state index in [0.717, 1.165) is 0 Å². The molecule has 114 valence electrons. The summed E-state index contributed by atoms with van der Waals surface area (Å²) < 4.78 is 30.5. The summed E-state index contributed by atoms with van der Waals surface area (Å²) in [5.74, 6) is -1.06. The molecule has 1 aliphatic heterocycles. The van der Waals surface area contributed by atoms with Gasteiger partial charge in [-0.1, -0.05) is 0 Å². The highest BCUT2D eigenvalue weighted by molar-refractivity contribution is 6.62. The molecule has 0 aromatic heterocycles. The average Bonchev–Trinajstić information content (AvgIpc) is 2.60. The minimum Gasteiger partial charge on any atom is -0.465 e. The van der Waals surface area contributed by atoms with E-state index in [2.05, 4.69) is 4.74 Å². The van der Waals surface area contributed by atoms with Crippen LogP contribution in [0.4, 0.5) is 4.39 Å². The summed E-state index contributed by atoms with van der Waals surface area (Å²) in [6.45, 7) is 9.20. The molecule has 1 heterocycles. The lowest BCUT2D eigenvalue weighted by Crippen LogP contribution is -2.41. The lowest BCUT2D eigenvalue weighted by molar-refractivity contribution is 0.00578. The molecule has 0 saturated carbocycles. The number of hydrogen-bond donors (Lipinski definition) is 0. The maximum Gasteiger partial charge on any atom is 0.494 e. The molecule has 1 saturated heterocycles. The lowest BCUT2D eigenvalue weighted by atomic mass is 9.77. The van der Waals surface area contributed by atoms with E-state index in [4.69, 9.17) is 9.31 Å². The fourth-order valence-electron chi connectivity index (χ4n) is 2.14. The number of esters is 1. The molecule has 0 spiro atoms. The minimum atomic E-state index is -0.714. The van der Waals surface area contributed by atoms with Crippen LogP contribution >= 0.6 is 0 Å². The SMILES string of the molecule is COC(=O)c1cc(B2OC(C)(C)C(C)(C)O2)cc(F)c1C. The highest BCUT2D eigenvalue weighted by Gasteiger charge is 2.51. The molecule has 2 rings (SSSR count). The number of hydrogen-bond acceptors (Lipinski definition) is 4. The van der Waals surface area contributed by atoms with Crippen molar-refractivity contribution in [1.29, 1.82) is 0 Å². The van der Waals surface area contributed by atoms with E-state index < -0.39 is 30.1 Å². The quantitative estimate of drug-likeness (QED) is 0.620. The van der Waals surface area contributed by atoms with Crippen molar-refractivity contribution in [1.82, 2.24) is 0 Å². The molecule has 1 aliphatic rings. The largest absolute Gasteiger partial charge is 0.494 e. The van der Waals surface area contributed by atoms with Gasteiger partial charge in [0.05, 0.1) is 23.9 Å². The highest BCUT2D eigenvalue weighted by Crippen LogP contribution is 2.36. The third kappa shape index (κ3) is 2.70.